The Morgan fingerprint density at radius 3 is 2.67 bits per heavy atom. The summed E-state index contributed by atoms with van der Waals surface area (Å²) in [6.45, 7) is 5.22. The standard InChI is InChI=1S/C14H25N7/c1-20-8-5-11(10-20)9-16-13-17-12(15)18-14(19-13)21-6-3-2-4-7-21/h11H,2-10H2,1H3,(H3,15,16,17,18,19). The number of hydrogen-bond donors (Lipinski definition) is 2. The normalized spacial score (nSPS) is 23.5. The van der Waals surface area contributed by atoms with Crippen LogP contribution in [0.3, 0.4) is 0 Å². The topological polar surface area (TPSA) is 83.2 Å². The first kappa shape index (κ1) is 14.3. The molecule has 116 valence electrons. The van der Waals surface area contributed by atoms with Crippen molar-refractivity contribution in [3.8, 4) is 0 Å². The van der Waals surface area contributed by atoms with E-state index in [1.165, 1.54) is 32.2 Å². The van der Waals surface area contributed by atoms with E-state index in [0.29, 0.717) is 23.8 Å². The summed E-state index contributed by atoms with van der Waals surface area (Å²) >= 11 is 0. The fourth-order valence-electron chi connectivity index (χ4n) is 3.12. The van der Waals surface area contributed by atoms with Gasteiger partial charge in [-0.3, -0.25) is 0 Å². The van der Waals surface area contributed by atoms with Crippen molar-refractivity contribution in [2.24, 2.45) is 5.92 Å². The highest BCUT2D eigenvalue weighted by Gasteiger charge is 2.20. The van der Waals surface area contributed by atoms with Gasteiger partial charge in [-0.1, -0.05) is 0 Å². The van der Waals surface area contributed by atoms with Crippen LogP contribution in [0, 0.1) is 5.92 Å². The zero-order valence-electron chi connectivity index (χ0n) is 12.8. The lowest BCUT2D eigenvalue weighted by Gasteiger charge is -2.26. The fraction of sp³-hybridized carbons (Fsp3) is 0.786. The van der Waals surface area contributed by atoms with Crippen molar-refractivity contribution < 1.29 is 0 Å². The van der Waals surface area contributed by atoms with Crippen LogP contribution in [-0.4, -0.2) is 59.6 Å². The second kappa shape index (κ2) is 6.43. The Hall–Kier alpha value is -1.63. The summed E-state index contributed by atoms with van der Waals surface area (Å²) < 4.78 is 0. The third-order valence-corrected chi connectivity index (χ3v) is 4.32. The second-order valence-corrected chi connectivity index (χ2v) is 6.16. The van der Waals surface area contributed by atoms with E-state index < -0.39 is 0 Å². The van der Waals surface area contributed by atoms with Crippen LogP contribution >= 0.6 is 0 Å². The average Bonchev–Trinajstić information content (AvgIpc) is 2.91. The van der Waals surface area contributed by atoms with Gasteiger partial charge in [0.05, 0.1) is 0 Å². The Kier molecular flexibility index (Phi) is 4.38. The van der Waals surface area contributed by atoms with Crippen molar-refractivity contribution in [3.05, 3.63) is 0 Å². The zero-order valence-corrected chi connectivity index (χ0v) is 12.8. The van der Waals surface area contributed by atoms with E-state index in [0.717, 1.165) is 26.2 Å². The smallest absolute Gasteiger partial charge is 0.231 e. The molecule has 0 amide bonds. The highest BCUT2D eigenvalue weighted by atomic mass is 15.3. The van der Waals surface area contributed by atoms with Crippen LogP contribution in [0.15, 0.2) is 0 Å². The Balaban J connectivity index is 1.63. The first-order valence-electron chi connectivity index (χ1n) is 7.89. The number of nitrogens with zero attached hydrogens (tertiary/aromatic N) is 5. The van der Waals surface area contributed by atoms with Gasteiger partial charge < -0.3 is 20.9 Å². The van der Waals surface area contributed by atoms with E-state index >= 15 is 0 Å². The Morgan fingerprint density at radius 1 is 1.14 bits per heavy atom. The number of hydrogen-bond acceptors (Lipinski definition) is 7. The molecule has 2 fully saturated rings. The monoisotopic (exact) mass is 291 g/mol. The molecule has 2 saturated heterocycles. The molecule has 21 heavy (non-hydrogen) atoms. The molecular weight excluding hydrogens is 266 g/mol. The van der Waals surface area contributed by atoms with E-state index in [4.69, 9.17) is 5.73 Å². The van der Waals surface area contributed by atoms with Gasteiger partial charge in [-0.15, -0.1) is 0 Å². The molecule has 1 atom stereocenters. The number of nitrogens with two attached hydrogens (primary N) is 1. The molecule has 1 unspecified atom stereocenters. The zero-order chi connectivity index (χ0) is 14.7. The van der Waals surface area contributed by atoms with Crippen LogP contribution in [0.1, 0.15) is 25.7 Å². The molecule has 0 saturated carbocycles. The Morgan fingerprint density at radius 2 is 1.95 bits per heavy atom. The number of nitrogen functional groups attached to an aromatic ring is 1. The number of nitrogens with one attached hydrogen (secondary N) is 1. The van der Waals surface area contributed by atoms with Crippen molar-refractivity contribution in [2.75, 3.05) is 55.7 Å². The van der Waals surface area contributed by atoms with Gasteiger partial charge in [-0.05, 0) is 45.2 Å². The van der Waals surface area contributed by atoms with Gasteiger partial charge in [0.15, 0.2) is 0 Å². The highest BCUT2D eigenvalue weighted by Crippen LogP contribution is 2.19. The van der Waals surface area contributed by atoms with Gasteiger partial charge in [0.2, 0.25) is 17.8 Å². The van der Waals surface area contributed by atoms with Crippen molar-refractivity contribution in [1.29, 1.82) is 0 Å². The number of anilines is 3. The van der Waals surface area contributed by atoms with Gasteiger partial charge >= 0.3 is 0 Å². The SMILES string of the molecule is CN1CCC(CNc2nc(N)nc(N3CCCCC3)n2)C1. The van der Waals surface area contributed by atoms with E-state index in [-0.39, 0.29) is 0 Å². The van der Waals surface area contributed by atoms with Crippen molar-refractivity contribution >= 4 is 17.8 Å². The largest absolute Gasteiger partial charge is 0.368 e. The first-order valence-corrected chi connectivity index (χ1v) is 7.89. The van der Waals surface area contributed by atoms with Gasteiger partial charge in [0, 0.05) is 26.2 Å². The predicted molar refractivity (Wildman–Crippen MR) is 84.4 cm³/mol. The Labute approximate surface area is 126 Å². The summed E-state index contributed by atoms with van der Waals surface area (Å²) in [5, 5.41) is 3.33. The molecule has 0 aliphatic carbocycles. The Bertz CT molecular complexity index is 472. The highest BCUT2D eigenvalue weighted by molar-refractivity contribution is 5.42. The maximum atomic E-state index is 5.83. The summed E-state index contributed by atoms with van der Waals surface area (Å²) in [5.74, 6) is 2.29. The molecule has 7 heteroatoms. The van der Waals surface area contributed by atoms with E-state index in [9.17, 15) is 0 Å². The predicted octanol–water partition coefficient (Wildman–Crippen LogP) is 0.808. The van der Waals surface area contributed by atoms with Crippen LogP contribution in [0.25, 0.3) is 0 Å². The molecule has 7 nitrogen and oxygen atoms in total. The third-order valence-electron chi connectivity index (χ3n) is 4.32. The van der Waals surface area contributed by atoms with Gasteiger partial charge in [-0.2, -0.15) is 15.0 Å². The maximum Gasteiger partial charge on any atom is 0.231 e. The van der Waals surface area contributed by atoms with Gasteiger partial charge in [0.1, 0.15) is 0 Å². The lowest BCUT2D eigenvalue weighted by molar-refractivity contribution is 0.399. The summed E-state index contributed by atoms with van der Waals surface area (Å²) in [6.07, 6.45) is 4.91. The lowest BCUT2D eigenvalue weighted by Crippen LogP contribution is -2.31. The molecule has 0 bridgehead atoms. The molecule has 2 aliphatic heterocycles. The van der Waals surface area contributed by atoms with Crippen LogP contribution < -0.4 is 16.0 Å². The number of rotatable bonds is 4. The average molecular weight is 291 g/mol. The molecule has 0 spiro atoms. The number of aromatic nitrogens is 3. The molecule has 3 N–H and O–H groups in total. The van der Waals surface area contributed by atoms with Crippen molar-refractivity contribution in [3.63, 3.8) is 0 Å². The molecule has 3 heterocycles. The first-order chi connectivity index (χ1) is 10.2. The maximum absolute atomic E-state index is 5.83. The molecule has 2 aliphatic rings. The summed E-state index contributed by atoms with van der Waals surface area (Å²) in [4.78, 5) is 17.6. The molecule has 1 aromatic rings. The molecule has 0 aromatic carbocycles. The summed E-state index contributed by atoms with van der Waals surface area (Å²) in [7, 11) is 2.16. The summed E-state index contributed by atoms with van der Waals surface area (Å²) in [5.41, 5.74) is 5.83. The van der Waals surface area contributed by atoms with E-state index in [1.807, 2.05) is 0 Å². The third kappa shape index (κ3) is 3.72. The van der Waals surface area contributed by atoms with Crippen molar-refractivity contribution in [1.82, 2.24) is 19.9 Å². The lowest BCUT2D eigenvalue weighted by atomic mass is 10.1. The molecular formula is C14H25N7. The minimum atomic E-state index is 0.302. The second-order valence-electron chi connectivity index (χ2n) is 6.16. The number of likely N-dealkylation sites (tertiary alicyclic amines) is 1. The van der Waals surface area contributed by atoms with Crippen LogP contribution in [0.4, 0.5) is 17.8 Å². The van der Waals surface area contributed by atoms with Crippen molar-refractivity contribution in [2.45, 2.75) is 25.7 Å². The van der Waals surface area contributed by atoms with Gasteiger partial charge in [-0.25, -0.2) is 0 Å². The van der Waals surface area contributed by atoms with E-state index in [2.05, 4.69) is 37.1 Å². The molecule has 0 radical (unpaired) electrons. The fourth-order valence-corrected chi connectivity index (χ4v) is 3.12. The van der Waals surface area contributed by atoms with Gasteiger partial charge in [0.25, 0.3) is 0 Å². The minimum Gasteiger partial charge on any atom is -0.368 e. The van der Waals surface area contributed by atoms with Crippen LogP contribution in [0.5, 0.6) is 0 Å². The summed E-state index contributed by atoms with van der Waals surface area (Å²) in [6, 6.07) is 0. The molecule has 1 aromatic heterocycles. The van der Waals surface area contributed by atoms with Crippen LogP contribution in [0.2, 0.25) is 0 Å². The molecule has 3 rings (SSSR count). The number of piperidine rings is 1. The van der Waals surface area contributed by atoms with Crippen LogP contribution in [-0.2, 0) is 0 Å². The minimum absolute atomic E-state index is 0.302. The van der Waals surface area contributed by atoms with E-state index in [1.54, 1.807) is 0 Å². The quantitative estimate of drug-likeness (QED) is 0.849.